The van der Waals surface area contributed by atoms with E-state index in [-0.39, 0.29) is 10.8 Å². The van der Waals surface area contributed by atoms with Crippen LogP contribution in [0.4, 0.5) is 0 Å². The molecular formula is C32H42Si. The third-order valence-electron chi connectivity index (χ3n) is 7.50. The predicted octanol–water partition coefficient (Wildman–Crippen LogP) is 8.58. The highest BCUT2D eigenvalue weighted by atomic mass is 28.2. The highest BCUT2D eigenvalue weighted by Gasteiger charge is 2.29. The van der Waals surface area contributed by atoms with Gasteiger partial charge in [0.05, 0.1) is 0 Å². The van der Waals surface area contributed by atoms with E-state index in [1.807, 2.05) is 0 Å². The molecule has 4 rings (SSSR count). The second kappa shape index (κ2) is 8.34. The summed E-state index contributed by atoms with van der Waals surface area (Å²) in [6.07, 6.45) is 8.35. The molecule has 174 valence electrons. The monoisotopic (exact) mass is 454 g/mol. The maximum absolute atomic E-state index is 2.57. The zero-order valence-electron chi connectivity index (χ0n) is 22.6. The number of fused-ring (bicyclic) bond motifs is 3. The van der Waals surface area contributed by atoms with E-state index >= 15 is 0 Å². The molecule has 2 aromatic carbocycles. The summed E-state index contributed by atoms with van der Waals surface area (Å²) >= 11 is 0. The summed E-state index contributed by atoms with van der Waals surface area (Å²) in [5.74, 6) is 0. The van der Waals surface area contributed by atoms with Crippen LogP contribution in [-0.2, 0) is 10.8 Å². The summed E-state index contributed by atoms with van der Waals surface area (Å²) in [5.41, 5.74) is 13.9. The molecule has 0 fully saturated rings. The Morgan fingerprint density at radius 3 is 2.09 bits per heavy atom. The van der Waals surface area contributed by atoms with Gasteiger partial charge in [0.2, 0.25) is 0 Å². The van der Waals surface area contributed by atoms with Gasteiger partial charge in [0, 0.05) is 8.41 Å². The molecule has 0 N–H and O–H groups in total. The van der Waals surface area contributed by atoms with Crippen LogP contribution in [0.3, 0.4) is 0 Å². The quantitative estimate of drug-likeness (QED) is 0.348. The van der Waals surface area contributed by atoms with E-state index < -0.39 is 8.41 Å². The molecule has 0 aromatic heterocycles. The molecule has 0 heterocycles. The van der Waals surface area contributed by atoms with Gasteiger partial charge in [-0.05, 0) is 96.3 Å². The van der Waals surface area contributed by atoms with Crippen molar-refractivity contribution in [3.63, 3.8) is 0 Å². The second-order valence-electron chi connectivity index (χ2n) is 12.2. The average molecular weight is 455 g/mol. The Labute approximate surface area is 203 Å². The molecule has 0 amide bonds. The summed E-state index contributed by atoms with van der Waals surface area (Å²) in [5, 5.41) is 1.47. The third kappa shape index (κ3) is 4.07. The molecule has 0 bridgehead atoms. The Bertz CT molecular complexity index is 1310. The first kappa shape index (κ1) is 24.1. The van der Waals surface area contributed by atoms with Crippen LogP contribution in [0.25, 0.3) is 22.8 Å². The van der Waals surface area contributed by atoms with Crippen molar-refractivity contribution in [2.75, 3.05) is 0 Å². The van der Waals surface area contributed by atoms with E-state index in [2.05, 4.69) is 105 Å². The van der Waals surface area contributed by atoms with Gasteiger partial charge >= 0.3 is 0 Å². The van der Waals surface area contributed by atoms with Gasteiger partial charge in [-0.3, -0.25) is 0 Å². The number of allylic oxidation sites excluding steroid dienone is 4. The normalized spacial score (nSPS) is 15.4. The first-order valence-electron chi connectivity index (χ1n) is 12.8. The largest absolute Gasteiger partial charge is 0.0766 e. The molecule has 0 spiro atoms. The average Bonchev–Trinajstić information content (AvgIpc) is 3.30. The number of rotatable bonds is 3. The summed E-state index contributed by atoms with van der Waals surface area (Å²) in [6, 6.07) is 9.76. The van der Waals surface area contributed by atoms with Crippen molar-refractivity contribution in [3.8, 4) is 11.1 Å². The van der Waals surface area contributed by atoms with Gasteiger partial charge in [-0.2, -0.15) is 0 Å². The van der Waals surface area contributed by atoms with Crippen LogP contribution in [0.15, 0.2) is 41.5 Å². The van der Waals surface area contributed by atoms with Gasteiger partial charge in [-0.1, -0.05) is 98.8 Å². The molecule has 2 aliphatic rings. The Morgan fingerprint density at radius 1 is 0.848 bits per heavy atom. The summed E-state index contributed by atoms with van der Waals surface area (Å²) in [4.78, 5) is 1.62. The van der Waals surface area contributed by atoms with Crippen molar-refractivity contribution < 1.29 is 0 Å². The zero-order chi connectivity index (χ0) is 24.3. The Balaban J connectivity index is 2.17. The van der Waals surface area contributed by atoms with E-state index in [9.17, 15) is 0 Å². The van der Waals surface area contributed by atoms with Crippen molar-refractivity contribution in [3.05, 3.63) is 73.8 Å². The van der Waals surface area contributed by atoms with Gasteiger partial charge in [-0.15, -0.1) is 0 Å². The van der Waals surface area contributed by atoms with Crippen molar-refractivity contribution in [1.82, 2.24) is 0 Å². The minimum absolute atomic E-state index is 0.113. The Morgan fingerprint density at radius 2 is 1.55 bits per heavy atom. The minimum Gasteiger partial charge on any atom is -0.0766 e. The molecule has 0 radical (unpaired) electrons. The standard InChI is InChI=1S/C32H42Si/c1-11-20-13-15-25(23(20)12-2)29-27-18-21-17-22(31(3,4)5)14-16-24(21)26(27)19-28(33(9)10)30(29)32(6,7)8/h13-14,16-19H,11-12,15H2,1-10H3. The van der Waals surface area contributed by atoms with Gasteiger partial charge in [0.25, 0.3) is 0 Å². The van der Waals surface area contributed by atoms with E-state index in [0.29, 0.717) is 0 Å². The predicted molar refractivity (Wildman–Crippen MR) is 149 cm³/mol. The second-order valence-corrected chi connectivity index (χ2v) is 14.7. The third-order valence-corrected chi connectivity index (χ3v) is 8.98. The number of hydrogen-bond acceptors (Lipinski definition) is 0. The summed E-state index contributed by atoms with van der Waals surface area (Å²) in [7, 11) is -0.625. The lowest BCUT2D eigenvalue weighted by Gasteiger charge is -2.27. The van der Waals surface area contributed by atoms with Crippen molar-refractivity contribution in [2.45, 2.75) is 98.6 Å². The summed E-state index contributed by atoms with van der Waals surface area (Å²) in [6.45, 7) is 23.8. The fourth-order valence-electron chi connectivity index (χ4n) is 5.82. The van der Waals surface area contributed by atoms with Crippen LogP contribution in [0, 0.1) is 4.81 Å². The topological polar surface area (TPSA) is 0 Å². The molecule has 0 aliphatic heterocycles. The lowest BCUT2D eigenvalue weighted by molar-refractivity contribution is 0.585. The fourth-order valence-corrected chi connectivity index (χ4v) is 7.26. The lowest BCUT2D eigenvalue weighted by Crippen LogP contribution is -2.24. The first-order chi connectivity index (χ1) is 15.4. The van der Waals surface area contributed by atoms with Gasteiger partial charge in [-0.25, -0.2) is 0 Å². The zero-order valence-corrected chi connectivity index (χ0v) is 23.6. The molecule has 2 aromatic rings. The van der Waals surface area contributed by atoms with Crippen LogP contribution in [-0.4, -0.2) is 8.41 Å². The van der Waals surface area contributed by atoms with Gasteiger partial charge < -0.3 is 0 Å². The smallest absolute Gasteiger partial charge is 0.0132 e. The maximum Gasteiger partial charge on any atom is 0.0132 e. The highest BCUT2D eigenvalue weighted by molar-refractivity contribution is 6.47. The molecule has 33 heavy (non-hydrogen) atoms. The molecule has 2 aliphatic carbocycles. The van der Waals surface area contributed by atoms with Crippen LogP contribution < -0.4 is 5.22 Å². The van der Waals surface area contributed by atoms with Crippen LogP contribution >= 0.6 is 0 Å². The Kier molecular flexibility index (Phi) is 6.10. The minimum atomic E-state index is -0.625. The molecule has 1 heteroatoms. The molecule has 0 nitrogen and oxygen atoms in total. The fraction of sp³-hybridized carbons (Fsp3) is 0.469. The highest BCUT2D eigenvalue weighted by Crippen LogP contribution is 2.42. The van der Waals surface area contributed by atoms with E-state index in [0.717, 1.165) is 19.3 Å². The lowest BCUT2D eigenvalue weighted by atomic mass is 9.78. The van der Waals surface area contributed by atoms with E-state index in [1.165, 1.54) is 27.5 Å². The van der Waals surface area contributed by atoms with Gasteiger partial charge in [0.15, 0.2) is 0 Å². The molecule has 0 unspecified atom stereocenters. The van der Waals surface area contributed by atoms with Gasteiger partial charge in [0.1, 0.15) is 0 Å². The SMILES string of the molecule is CCC1=CCC(c2c(C(C)(C)C)c(=[Si](C)C)cc3c2=Cc2cc(C(C)(C)C)ccc2-3)=C1CC. The molecular weight excluding hydrogens is 412 g/mol. The molecule has 0 saturated heterocycles. The molecule has 0 atom stereocenters. The van der Waals surface area contributed by atoms with Crippen LogP contribution in [0.5, 0.6) is 0 Å². The number of hydrogen-bond donors (Lipinski definition) is 0. The maximum atomic E-state index is 2.57. The van der Waals surface area contributed by atoms with E-state index in [4.69, 9.17) is 0 Å². The van der Waals surface area contributed by atoms with Crippen molar-refractivity contribution in [1.29, 1.82) is 0 Å². The molecule has 0 saturated carbocycles. The summed E-state index contributed by atoms with van der Waals surface area (Å²) < 4.78 is 0. The van der Waals surface area contributed by atoms with Crippen molar-refractivity contribution >= 4 is 20.1 Å². The van der Waals surface area contributed by atoms with E-state index in [1.54, 1.807) is 32.7 Å². The van der Waals surface area contributed by atoms with Crippen LogP contribution in [0.2, 0.25) is 13.1 Å². The first-order valence-corrected chi connectivity index (χ1v) is 15.3. The number of benzene rings is 2. The van der Waals surface area contributed by atoms with Crippen LogP contribution in [0.1, 0.15) is 96.9 Å². The Hall–Kier alpha value is -1.99. The van der Waals surface area contributed by atoms with Crippen molar-refractivity contribution in [2.24, 2.45) is 0 Å².